The van der Waals surface area contributed by atoms with Crippen molar-refractivity contribution >= 4 is 18.2 Å². The van der Waals surface area contributed by atoms with Gasteiger partial charge in [0.2, 0.25) is 0 Å². The minimum Gasteiger partial charge on any atom is -0.265 e. The molecular formula is C20H25F3N3P. The number of halogens is 3. The second-order valence-corrected chi connectivity index (χ2v) is 11.6. The minimum absolute atomic E-state index is 0.0250. The number of hydrogen-bond acceptors (Lipinski definition) is 2. The summed E-state index contributed by atoms with van der Waals surface area (Å²) in [6, 6.07) is 9.48. The van der Waals surface area contributed by atoms with Crippen molar-refractivity contribution < 1.29 is 13.2 Å². The predicted octanol–water partition coefficient (Wildman–Crippen LogP) is 6.07. The first-order valence-corrected chi connectivity index (χ1v) is 10.8. The van der Waals surface area contributed by atoms with Gasteiger partial charge in [-0.15, -0.1) is 0 Å². The molecule has 1 unspecified atom stereocenters. The van der Waals surface area contributed by atoms with Gasteiger partial charge in [-0.2, -0.15) is 13.2 Å². The van der Waals surface area contributed by atoms with Gasteiger partial charge in [-0.1, -0.05) is 32.9 Å². The Bertz CT molecular complexity index is 836. The van der Waals surface area contributed by atoms with Gasteiger partial charge in [0.25, 0.3) is 0 Å². The van der Waals surface area contributed by atoms with Crippen LogP contribution in [0.5, 0.6) is 0 Å². The van der Waals surface area contributed by atoms with E-state index in [1.165, 1.54) is 12.1 Å². The maximum Gasteiger partial charge on any atom is 0.418 e. The fourth-order valence-corrected chi connectivity index (χ4v) is 8.13. The summed E-state index contributed by atoms with van der Waals surface area (Å²) in [7, 11) is -2.48. The van der Waals surface area contributed by atoms with Crippen LogP contribution in [0.25, 0.3) is 0 Å². The Morgan fingerprint density at radius 3 is 2.11 bits per heavy atom. The van der Waals surface area contributed by atoms with Crippen molar-refractivity contribution in [1.82, 2.24) is 9.65 Å². The van der Waals surface area contributed by atoms with Crippen molar-refractivity contribution in [3.63, 3.8) is 0 Å². The monoisotopic (exact) mass is 395 g/mol. The second kappa shape index (κ2) is 7.40. The molecule has 1 aliphatic heterocycles. The maximum atomic E-state index is 13.6. The number of pyridine rings is 1. The van der Waals surface area contributed by atoms with E-state index in [2.05, 4.69) is 30.4 Å². The summed E-state index contributed by atoms with van der Waals surface area (Å²) in [5.74, 6) is 0. The summed E-state index contributed by atoms with van der Waals surface area (Å²) >= 11 is 0. The van der Waals surface area contributed by atoms with Gasteiger partial charge < -0.3 is 0 Å². The van der Waals surface area contributed by atoms with Crippen molar-refractivity contribution in [3.05, 3.63) is 54.4 Å². The Balaban J connectivity index is 2.36. The van der Waals surface area contributed by atoms with E-state index in [9.17, 15) is 13.2 Å². The first-order valence-electron chi connectivity index (χ1n) is 9.11. The Morgan fingerprint density at radius 1 is 0.963 bits per heavy atom. The molecule has 1 aromatic carbocycles. The van der Waals surface area contributed by atoms with Crippen LogP contribution < -0.4 is 5.30 Å². The number of rotatable bonds is 3. The molecule has 2 aromatic rings. The van der Waals surface area contributed by atoms with Gasteiger partial charge in [-0.25, -0.2) is 4.74 Å². The number of benzene rings is 1. The van der Waals surface area contributed by atoms with Gasteiger partial charge in [0.15, 0.2) is 0 Å². The van der Waals surface area contributed by atoms with Gasteiger partial charge in [0.05, 0.1) is 18.5 Å². The van der Waals surface area contributed by atoms with Crippen LogP contribution in [0.3, 0.4) is 0 Å². The molecule has 7 heteroatoms. The molecular weight excluding hydrogens is 370 g/mol. The normalized spacial score (nSPS) is 18.3. The topological polar surface area (TPSA) is 28.5 Å². The summed E-state index contributed by atoms with van der Waals surface area (Å²) in [4.78, 5) is 4.11. The summed E-state index contributed by atoms with van der Waals surface area (Å²) < 4.78 is 48.2. The van der Waals surface area contributed by atoms with Crippen LogP contribution in [0.1, 0.15) is 39.2 Å². The predicted molar refractivity (Wildman–Crippen MR) is 105 cm³/mol. The fraction of sp³-hybridized carbons (Fsp3) is 0.450. The molecule has 0 aliphatic carbocycles. The second-order valence-electron chi connectivity index (χ2n) is 7.75. The average Bonchev–Trinajstić information content (AvgIpc) is 3.13. The van der Waals surface area contributed by atoms with Gasteiger partial charge in [-0.3, -0.25) is 9.65 Å². The van der Waals surface area contributed by atoms with Crippen LogP contribution >= 0.6 is 7.21 Å². The third-order valence-corrected chi connectivity index (χ3v) is 9.52. The minimum atomic E-state index is -4.43. The lowest BCUT2D eigenvalue weighted by Crippen LogP contribution is -2.35. The molecule has 3 nitrogen and oxygen atoms in total. The van der Waals surface area contributed by atoms with Crippen LogP contribution in [-0.2, 0) is 6.18 Å². The van der Waals surface area contributed by atoms with Crippen molar-refractivity contribution in [2.75, 3.05) is 13.1 Å². The van der Waals surface area contributed by atoms with E-state index in [-0.39, 0.29) is 10.8 Å². The van der Waals surface area contributed by atoms with E-state index in [4.69, 9.17) is 4.74 Å². The van der Waals surface area contributed by atoms with Crippen molar-refractivity contribution in [2.24, 2.45) is 4.74 Å². The van der Waals surface area contributed by atoms with E-state index in [1.807, 2.05) is 12.1 Å². The van der Waals surface area contributed by atoms with Crippen LogP contribution in [0, 0.1) is 0 Å². The third kappa shape index (κ3) is 3.83. The first-order chi connectivity index (χ1) is 12.7. The Hall–Kier alpha value is -1.65. The summed E-state index contributed by atoms with van der Waals surface area (Å²) in [5, 5.41) is 0.654. The number of nitrogens with zero attached hydrogens (tertiary/aromatic N) is 3. The Kier molecular flexibility index (Phi) is 5.51. The lowest BCUT2D eigenvalue weighted by molar-refractivity contribution is -0.137. The highest BCUT2D eigenvalue weighted by Crippen LogP contribution is 2.65. The van der Waals surface area contributed by atoms with Crippen LogP contribution in [-0.4, -0.2) is 27.9 Å². The lowest BCUT2D eigenvalue weighted by atomic mass is 10.2. The van der Waals surface area contributed by atoms with Crippen molar-refractivity contribution in [3.8, 4) is 0 Å². The van der Waals surface area contributed by atoms with E-state index in [1.54, 1.807) is 18.5 Å². The highest BCUT2D eigenvalue weighted by molar-refractivity contribution is 7.73. The largest absolute Gasteiger partial charge is 0.418 e. The Morgan fingerprint density at radius 2 is 1.56 bits per heavy atom. The number of alkyl halides is 3. The summed E-state index contributed by atoms with van der Waals surface area (Å²) in [6.07, 6.45) is 1.06. The zero-order valence-corrected chi connectivity index (χ0v) is 16.8. The first kappa shape index (κ1) is 20.1. The molecule has 1 saturated heterocycles. The molecule has 0 spiro atoms. The van der Waals surface area contributed by atoms with Gasteiger partial charge in [0.1, 0.15) is 0 Å². The molecule has 0 bridgehead atoms. The zero-order valence-electron chi connectivity index (χ0n) is 15.9. The van der Waals surface area contributed by atoms with Gasteiger partial charge in [-0.05, 0) is 37.1 Å². The van der Waals surface area contributed by atoms with Crippen LogP contribution in [0.2, 0.25) is 0 Å². The van der Waals surface area contributed by atoms with E-state index < -0.39 is 18.9 Å². The summed E-state index contributed by atoms with van der Waals surface area (Å²) in [6.45, 7) is 7.95. The van der Waals surface area contributed by atoms with Crippen LogP contribution in [0.4, 0.5) is 18.9 Å². The molecule has 1 fully saturated rings. The molecule has 146 valence electrons. The molecule has 1 aromatic heterocycles. The van der Waals surface area contributed by atoms with Crippen LogP contribution in [0.15, 0.2) is 53.5 Å². The maximum absolute atomic E-state index is 13.6. The molecule has 0 radical (unpaired) electrons. The smallest absolute Gasteiger partial charge is 0.265 e. The quantitative estimate of drug-likeness (QED) is 0.590. The molecule has 0 N–H and O–H groups in total. The van der Waals surface area contributed by atoms with E-state index >= 15 is 0 Å². The number of aromatic nitrogens is 1. The average molecular weight is 395 g/mol. The van der Waals surface area contributed by atoms with Crippen molar-refractivity contribution in [1.29, 1.82) is 0 Å². The van der Waals surface area contributed by atoms with Gasteiger partial charge >= 0.3 is 6.18 Å². The lowest BCUT2D eigenvalue weighted by Gasteiger charge is -2.44. The van der Waals surface area contributed by atoms with E-state index in [0.29, 0.717) is 0 Å². The number of hydrogen-bond donors (Lipinski definition) is 0. The van der Waals surface area contributed by atoms with Gasteiger partial charge in [0, 0.05) is 35.9 Å². The highest BCUT2D eigenvalue weighted by Gasteiger charge is 2.43. The molecule has 0 amide bonds. The summed E-state index contributed by atoms with van der Waals surface area (Å²) in [5.41, 5.74) is -0.649. The molecule has 2 heterocycles. The third-order valence-electron chi connectivity index (χ3n) is 4.91. The van der Waals surface area contributed by atoms with E-state index in [0.717, 1.165) is 37.3 Å². The molecule has 3 rings (SSSR count). The zero-order chi connectivity index (χ0) is 19.7. The Labute approximate surface area is 158 Å². The van der Waals surface area contributed by atoms with Crippen molar-refractivity contribution in [2.45, 2.75) is 44.9 Å². The molecule has 1 aliphatic rings. The highest BCUT2D eigenvalue weighted by atomic mass is 31.2. The SMILES string of the molecule is CC(C)(C)P(=Nc1ccccc1C(F)(F)F)(c1ccncc1)N1CCCC1. The fourth-order valence-electron chi connectivity index (χ4n) is 3.74. The molecule has 0 saturated carbocycles. The molecule has 27 heavy (non-hydrogen) atoms. The molecule has 1 atom stereocenters. The standard InChI is InChI=1S/C20H25F3N3P/c1-19(2,3)27(26-14-6-7-15-26,16-10-12-24-13-11-16)25-18-9-5-4-8-17(18)20(21,22)23/h4-5,8-13H,6-7,14-15H2,1-3H3.